The predicted octanol–water partition coefficient (Wildman–Crippen LogP) is 2.29. The second-order valence-corrected chi connectivity index (χ2v) is 4.48. The van der Waals surface area contributed by atoms with Gasteiger partial charge < -0.3 is 9.73 Å². The van der Waals surface area contributed by atoms with E-state index < -0.39 is 0 Å². The van der Waals surface area contributed by atoms with Crippen molar-refractivity contribution >= 4 is 11.3 Å². The van der Waals surface area contributed by atoms with Gasteiger partial charge in [-0.25, -0.2) is 9.97 Å². The lowest BCUT2D eigenvalue weighted by molar-refractivity contribution is 0.439. The first-order chi connectivity index (χ1) is 7.79. The monoisotopic (exact) mass is 237 g/mol. The van der Waals surface area contributed by atoms with Crippen LogP contribution in [0.15, 0.2) is 16.1 Å². The molecule has 0 spiro atoms. The third kappa shape index (κ3) is 2.68. The molecule has 0 radical (unpaired) electrons. The number of oxazole rings is 1. The molecule has 0 aliphatic heterocycles. The number of nitrogens with zero attached hydrogens (tertiary/aromatic N) is 2. The first-order valence-corrected chi connectivity index (χ1v) is 6.20. The molecular formula is C11H15N3OS. The molecule has 0 aliphatic rings. The van der Waals surface area contributed by atoms with Crippen molar-refractivity contribution in [2.45, 2.75) is 33.4 Å². The van der Waals surface area contributed by atoms with Gasteiger partial charge in [0.05, 0.1) is 23.9 Å². The zero-order valence-corrected chi connectivity index (χ0v) is 10.3. The van der Waals surface area contributed by atoms with E-state index in [0.717, 1.165) is 30.3 Å². The third-order valence-corrected chi connectivity index (χ3v) is 3.29. The fraction of sp³-hybridized carbons (Fsp3) is 0.455. The van der Waals surface area contributed by atoms with Crippen LogP contribution in [0, 0.1) is 6.92 Å². The lowest BCUT2D eigenvalue weighted by atomic mass is 10.4. The predicted molar refractivity (Wildman–Crippen MR) is 63.3 cm³/mol. The molecule has 1 N–H and O–H groups in total. The molecular weight excluding hydrogens is 222 g/mol. The molecule has 16 heavy (non-hydrogen) atoms. The zero-order chi connectivity index (χ0) is 11.4. The van der Waals surface area contributed by atoms with Crippen LogP contribution in [-0.2, 0) is 19.5 Å². The van der Waals surface area contributed by atoms with Crippen molar-refractivity contribution in [3.05, 3.63) is 33.9 Å². The zero-order valence-electron chi connectivity index (χ0n) is 9.49. The van der Waals surface area contributed by atoms with Crippen LogP contribution in [0.25, 0.3) is 0 Å². The van der Waals surface area contributed by atoms with Gasteiger partial charge in [0.15, 0.2) is 0 Å². The normalized spacial score (nSPS) is 10.9. The van der Waals surface area contributed by atoms with E-state index in [0.29, 0.717) is 6.54 Å². The molecule has 2 heterocycles. The van der Waals surface area contributed by atoms with Gasteiger partial charge in [-0.1, -0.05) is 6.92 Å². The fourth-order valence-electron chi connectivity index (χ4n) is 1.37. The molecule has 0 atom stereocenters. The Morgan fingerprint density at radius 2 is 2.25 bits per heavy atom. The molecule has 0 aromatic carbocycles. The molecule has 2 aromatic rings. The van der Waals surface area contributed by atoms with Crippen LogP contribution in [0.5, 0.6) is 0 Å². The molecule has 86 valence electrons. The smallest absolute Gasteiger partial charge is 0.208 e. The number of rotatable bonds is 5. The summed E-state index contributed by atoms with van der Waals surface area (Å²) < 4.78 is 5.50. The van der Waals surface area contributed by atoms with E-state index in [1.807, 2.05) is 12.4 Å². The highest BCUT2D eigenvalue weighted by Gasteiger charge is 2.03. The maximum Gasteiger partial charge on any atom is 0.208 e. The summed E-state index contributed by atoms with van der Waals surface area (Å²) in [5.74, 6) is 1.68. The number of hydrogen-bond donors (Lipinski definition) is 1. The Labute approximate surface area is 98.7 Å². The maximum atomic E-state index is 5.50. The minimum absolute atomic E-state index is 0.664. The summed E-state index contributed by atoms with van der Waals surface area (Å²) >= 11 is 1.67. The molecule has 0 amide bonds. The molecule has 0 saturated carbocycles. The molecule has 0 saturated heterocycles. The Morgan fingerprint density at radius 1 is 1.38 bits per heavy atom. The highest BCUT2D eigenvalue weighted by atomic mass is 32.1. The van der Waals surface area contributed by atoms with Crippen LogP contribution in [0.1, 0.15) is 29.1 Å². The van der Waals surface area contributed by atoms with E-state index in [2.05, 4.69) is 22.2 Å². The molecule has 0 fully saturated rings. The van der Waals surface area contributed by atoms with E-state index in [-0.39, 0.29) is 0 Å². The SMILES string of the molecule is CCc1cnc(CNCc2scnc2C)o1. The number of thiazole rings is 1. The quantitative estimate of drug-likeness (QED) is 0.867. The first-order valence-electron chi connectivity index (χ1n) is 5.33. The largest absolute Gasteiger partial charge is 0.444 e. The summed E-state index contributed by atoms with van der Waals surface area (Å²) in [6, 6.07) is 0. The van der Waals surface area contributed by atoms with Gasteiger partial charge in [0.25, 0.3) is 0 Å². The van der Waals surface area contributed by atoms with Gasteiger partial charge in [-0.2, -0.15) is 0 Å². The van der Waals surface area contributed by atoms with Gasteiger partial charge in [0.1, 0.15) is 5.76 Å². The summed E-state index contributed by atoms with van der Waals surface area (Å²) in [5, 5.41) is 3.30. The summed E-state index contributed by atoms with van der Waals surface area (Å²) in [4.78, 5) is 9.65. The summed E-state index contributed by atoms with van der Waals surface area (Å²) in [6.07, 6.45) is 2.68. The van der Waals surface area contributed by atoms with Gasteiger partial charge in [-0.15, -0.1) is 11.3 Å². The van der Waals surface area contributed by atoms with Crippen LogP contribution in [0.2, 0.25) is 0 Å². The second-order valence-electron chi connectivity index (χ2n) is 3.54. The fourth-order valence-corrected chi connectivity index (χ4v) is 2.12. The molecule has 2 aromatic heterocycles. The Hall–Kier alpha value is -1.20. The number of hydrogen-bond acceptors (Lipinski definition) is 5. The lowest BCUT2D eigenvalue weighted by Gasteiger charge is -2.00. The van der Waals surface area contributed by atoms with Gasteiger partial charge in [0.2, 0.25) is 5.89 Å². The van der Waals surface area contributed by atoms with Crippen LogP contribution in [0.4, 0.5) is 0 Å². The van der Waals surface area contributed by atoms with Crippen molar-refractivity contribution in [2.75, 3.05) is 0 Å². The molecule has 5 heteroatoms. The molecule has 4 nitrogen and oxygen atoms in total. The topological polar surface area (TPSA) is 51.0 Å². The van der Waals surface area contributed by atoms with Crippen molar-refractivity contribution in [3.8, 4) is 0 Å². The first kappa shape index (κ1) is 11.3. The Bertz CT molecular complexity index is 450. The van der Waals surface area contributed by atoms with Crippen LogP contribution >= 0.6 is 11.3 Å². The van der Waals surface area contributed by atoms with Crippen molar-refractivity contribution < 1.29 is 4.42 Å². The highest BCUT2D eigenvalue weighted by Crippen LogP contribution is 2.11. The Morgan fingerprint density at radius 3 is 2.88 bits per heavy atom. The minimum Gasteiger partial charge on any atom is -0.444 e. The third-order valence-electron chi connectivity index (χ3n) is 2.36. The Balaban J connectivity index is 1.82. The van der Waals surface area contributed by atoms with Crippen LogP contribution in [-0.4, -0.2) is 9.97 Å². The van der Waals surface area contributed by atoms with Gasteiger partial charge in [0, 0.05) is 17.8 Å². The minimum atomic E-state index is 0.664. The number of aryl methyl sites for hydroxylation is 2. The van der Waals surface area contributed by atoms with Crippen molar-refractivity contribution in [2.24, 2.45) is 0 Å². The summed E-state index contributed by atoms with van der Waals surface area (Å²) in [6.45, 7) is 5.56. The average Bonchev–Trinajstić information content (AvgIpc) is 2.89. The van der Waals surface area contributed by atoms with Crippen molar-refractivity contribution in [3.63, 3.8) is 0 Å². The highest BCUT2D eigenvalue weighted by molar-refractivity contribution is 7.09. The van der Waals surface area contributed by atoms with Crippen LogP contribution < -0.4 is 5.32 Å². The van der Waals surface area contributed by atoms with Gasteiger partial charge >= 0.3 is 0 Å². The molecule has 0 bridgehead atoms. The lowest BCUT2D eigenvalue weighted by Crippen LogP contribution is -2.12. The van der Waals surface area contributed by atoms with Crippen molar-refractivity contribution in [1.29, 1.82) is 0 Å². The van der Waals surface area contributed by atoms with Gasteiger partial charge in [-0.3, -0.25) is 0 Å². The molecule has 2 rings (SSSR count). The second kappa shape index (κ2) is 5.23. The van der Waals surface area contributed by atoms with Crippen LogP contribution in [0.3, 0.4) is 0 Å². The van der Waals surface area contributed by atoms with E-state index in [9.17, 15) is 0 Å². The molecule has 0 unspecified atom stereocenters. The standard InChI is InChI=1S/C11H15N3OS/c1-3-9-4-13-11(15-9)6-12-5-10-8(2)14-7-16-10/h4,7,12H,3,5-6H2,1-2H3. The Kier molecular flexibility index (Phi) is 3.69. The van der Waals surface area contributed by atoms with E-state index in [1.54, 1.807) is 17.5 Å². The van der Waals surface area contributed by atoms with Gasteiger partial charge in [-0.05, 0) is 6.92 Å². The summed E-state index contributed by atoms with van der Waals surface area (Å²) in [7, 11) is 0. The average molecular weight is 237 g/mol. The number of nitrogens with one attached hydrogen (secondary N) is 1. The summed E-state index contributed by atoms with van der Waals surface area (Å²) in [5.41, 5.74) is 2.96. The number of aromatic nitrogens is 2. The maximum absolute atomic E-state index is 5.50. The van der Waals surface area contributed by atoms with E-state index in [1.165, 1.54) is 4.88 Å². The van der Waals surface area contributed by atoms with E-state index >= 15 is 0 Å². The van der Waals surface area contributed by atoms with E-state index in [4.69, 9.17) is 4.42 Å². The molecule has 0 aliphatic carbocycles. The van der Waals surface area contributed by atoms with Crippen molar-refractivity contribution in [1.82, 2.24) is 15.3 Å².